The quantitative estimate of drug-likeness (QED) is 0.0588. The van der Waals surface area contributed by atoms with Crippen LogP contribution in [0.2, 0.25) is 0 Å². The second-order valence-electron chi connectivity index (χ2n) is 13.9. The maximum Gasteiger partial charge on any atom is 1.00 e. The molecule has 322 valence electrons. The molecule has 8 aromatic rings. The summed E-state index contributed by atoms with van der Waals surface area (Å²) in [6, 6.07) is 30.4. The normalized spacial score (nSPS) is 12.2. The summed E-state index contributed by atoms with van der Waals surface area (Å²) in [6.07, 6.45) is 0. The standard InChI is InChI=1S/C42H29N7O12S3.3Na/c43-33-15-16-34(31-4-2-1-3-30(31)33)47-46-28-14-9-24-18-36(63(56,57)58)39(41(51)32(24)20-28)48-44-26-10-5-22(6-11-26)23-7-12-27(13-8-23)45-49-40-37(64(59,60)61)19-25-17-29(62(53,54)55)21-35(50)38(25)42(40)52;;;/h1-21,50-52H,43H2,(H,53,54,55)(H,56,57,58)(H,59,60,61);;;/q;3*+1/p-3. The second kappa shape index (κ2) is 20.9. The van der Waals surface area contributed by atoms with Crippen molar-refractivity contribution in [2.75, 3.05) is 5.73 Å². The number of nitrogen functional groups attached to an aromatic ring is 1. The summed E-state index contributed by atoms with van der Waals surface area (Å²) in [6.45, 7) is 0. The number of hydrogen-bond donors (Lipinski definition) is 4. The Balaban J connectivity index is 0.00000280. The number of benzene rings is 8. The molecule has 25 heteroatoms. The molecule has 0 saturated carbocycles. The van der Waals surface area contributed by atoms with Crippen LogP contribution in [0.3, 0.4) is 0 Å². The number of azo groups is 3. The van der Waals surface area contributed by atoms with Crippen molar-refractivity contribution in [3.8, 4) is 28.4 Å². The third-order valence-corrected chi connectivity index (χ3v) is 12.3. The molecule has 0 amide bonds. The van der Waals surface area contributed by atoms with Crippen LogP contribution in [0, 0.1) is 0 Å². The van der Waals surface area contributed by atoms with Crippen LogP contribution in [0.4, 0.5) is 39.8 Å². The Bertz CT molecular complexity index is 3700. The van der Waals surface area contributed by atoms with Crippen LogP contribution in [-0.2, 0) is 30.4 Å². The van der Waals surface area contributed by atoms with Gasteiger partial charge >= 0.3 is 88.7 Å². The van der Waals surface area contributed by atoms with E-state index in [2.05, 4.69) is 30.7 Å². The number of rotatable bonds is 10. The molecule has 0 aliphatic heterocycles. The summed E-state index contributed by atoms with van der Waals surface area (Å²) < 4.78 is 102. The minimum atomic E-state index is -5.16. The summed E-state index contributed by atoms with van der Waals surface area (Å²) in [5, 5.41) is 64.4. The molecule has 0 atom stereocenters. The summed E-state index contributed by atoms with van der Waals surface area (Å²) in [5.41, 5.74) is 7.43. The molecule has 67 heavy (non-hydrogen) atoms. The Morgan fingerprint density at radius 3 is 1.48 bits per heavy atom. The average molecular weight is 986 g/mol. The van der Waals surface area contributed by atoms with Gasteiger partial charge in [-0.25, -0.2) is 0 Å². The van der Waals surface area contributed by atoms with Crippen LogP contribution in [0.15, 0.2) is 173 Å². The van der Waals surface area contributed by atoms with Crippen LogP contribution >= 0.6 is 0 Å². The van der Waals surface area contributed by atoms with Crippen LogP contribution < -0.4 is 110 Å². The molecule has 0 aromatic heterocycles. The van der Waals surface area contributed by atoms with Crippen molar-refractivity contribution in [3.05, 3.63) is 127 Å². The first kappa shape index (κ1) is 53.2. The van der Waals surface area contributed by atoms with Gasteiger partial charge in [-0.1, -0.05) is 66.1 Å². The van der Waals surface area contributed by atoms with Crippen molar-refractivity contribution in [2.45, 2.75) is 14.7 Å². The van der Waals surface area contributed by atoms with Crippen molar-refractivity contribution >= 4 is 102 Å². The van der Waals surface area contributed by atoms with Crippen molar-refractivity contribution in [1.82, 2.24) is 0 Å². The SMILES string of the molecule is Nc1ccc(N=Nc2ccc3cc(S(=O)(=O)O)c(N=Nc4ccc(-c5ccc(N=Nc6c(S(=O)(=O)O)cc7cc(S(=O)(=O)O)cc([O-])c7c6[O-])cc5)cc4)c([O-])c3c2)c2ccccc12.[Na+].[Na+].[Na+]. The van der Waals surface area contributed by atoms with Crippen LogP contribution in [0.25, 0.3) is 43.4 Å². The molecule has 0 saturated heterocycles. The fourth-order valence-corrected chi connectivity index (χ4v) is 8.52. The molecule has 0 heterocycles. The molecule has 0 aliphatic rings. The Morgan fingerprint density at radius 2 is 0.940 bits per heavy atom. The van der Waals surface area contributed by atoms with Gasteiger partial charge in [0.25, 0.3) is 30.4 Å². The number of nitrogens with two attached hydrogens (primary N) is 1. The minimum Gasteiger partial charge on any atom is -0.872 e. The van der Waals surface area contributed by atoms with Crippen molar-refractivity contribution in [2.24, 2.45) is 30.7 Å². The summed E-state index contributed by atoms with van der Waals surface area (Å²) in [5.74, 6) is -3.27. The monoisotopic (exact) mass is 985 g/mol. The summed E-state index contributed by atoms with van der Waals surface area (Å²) >= 11 is 0. The fraction of sp³-hybridized carbons (Fsp3) is 0. The van der Waals surface area contributed by atoms with Gasteiger partial charge < -0.3 is 21.1 Å². The third-order valence-electron chi connectivity index (χ3n) is 9.75. The van der Waals surface area contributed by atoms with Gasteiger partial charge in [0, 0.05) is 16.5 Å². The van der Waals surface area contributed by atoms with Gasteiger partial charge in [0.15, 0.2) is 0 Å². The molecule has 0 aliphatic carbocycles. The van der Waals surface area contributed by atoms with Crippen molar-refractivity contribution in [3.63, 3.8) is 0 Å². The maximum atomic E-state index is 13.7. The Hall–Kier alpha value is -4.73. The van der Waals surface area contributed by atoms with Crippen molar-refractivity contribution < 1.29 is 143 Å². The Morgan fingerprint density at radius 1 is 0.448 bits per heavy atom. The van der Waals surface area contributed by atoms with Crippen LogP contribution in [0.1, 0.15) is 0 Å². The Labute approximate surface area is 447 Å². The zero-order valence-electron chi connectivity index (χ0n) is 35.1. The van der Waals surface area contributed by atoms with E-state index in [0.29, 0.717) is 40.7 Å². The second-order valence-corrected chi connectivity index (χ2v) is 18.1. The van der Waals surface area contributed by atoms with Crippen LogP contribution in [-0.4, -0.2) is 38.9 Å². The zero-order valence-corrected chi connectivity index (χ0v) is 43.6. The van der Waals surface area contributed by atoms with E-state index in [1.807, 2.05) is 24.3 Å². The van der Waals surface area contributed by atoms with Crippen LogP contribution in [0.5, 0.6) is 17.2 Å². The topological polar surface area (TPSA) is 332 Å². The molecular weight excluding hydrogens is 960 g/mol. The van der Waals surface area contributed by atoms with E-state index in [-0.39, 0.29) is 117 Å². The largest absolute Gasteiger partial charge is 1.00 e. The van der Waals surface area contributed by atoms with E-state index in [9.17, 15) is 54.2 Å². The Kier molecular flexibility index (Phi) is 16.6. The first-order valence-corrected chi connectivity index (χ1v) is 22.5. The minimum absolute atomic E-state index is 0. The van der Waals surface area contributed by atoms with Gasteiger partial charge in [-0.2, -0.15) is 40.6 Å². The van der Waals surface area contributed by atoms with Gasteiger partial charge in [-0.15, -0.1) is 21.1 Å². The predicted molar refractivity (Wildman–Crippen MR) is 228 cm³/mol. The van der Waals surface area contributed by atoms with E-state index in [0.717, 1.165) is 16.8 Å². The molecule has 0 unspecified atom stereocenters. The molecule has 0 fully saturated rings. The molecule has 8 aromatic carbocycles. The van der Waals surface area contributed by atoms with E-state index in [1.54, 1.807) is 36.4 Å². The van der Waals surface area contributed by atoms with Gasteiger partial charge in [0.05, 0.1) is 39.0 Å². The van der Waals surface area contributed by atoms with Crippen molar-refractivity contribution in [1.29, 1.82) is 0 Å². The predicted octanol–water partition coefficient (Wildman–Crippen LogP) is -0.385. The van der Waals surface area contributed by atoms with Gasteiger partial charge in [0.2, 0.25) is 0 Å². The molecule has 0 spiro atoms. The molecule has 19 nitrogen and oxygen atoms in total. The summed E-state index contributed by atoms with van der Waals surface area (Å²) in [4.78, 5) is -2.71. The average Bonchev–Trinajstić information content (AvgIpc) is 3.24. The van der Waals surface area contributed by atoms with E-state index in [4.69, 9.17) is 5.73 Å². The fourth-order valence-electron chi connectivity index (χ4n) is 6.68. The number of anilines is 1. The zero-order chi connectivity index (χ0) is 45.7. The molecule has 8 rings (SSSR count). The maximum absolute atomic E-state index is 13.7. The summed E-state index contributed by atoms with van der Waals surface area (Å²) in [7, 11) is -15.0. The first-order valence-electron chi connectivity index (χ1n) is 18.2. The van der Waals surface area contributed by atoms with E-state index in [1.165, 1.54) is 42.5 Å². The van der Waals surface area contributed by atoms with Gasteiger partial charge in [0.1, 0.15) is 9.79 Å². The molecule has 5 N–H and O–H groups in total. The number of nitrogens with zero attached hydrogens (tertiary/aromatic N) is 6. The van der Waals surface area contributed by atoms with Gasteiger partial charge in [-0.05, 0) is 105 Å². The molecular formula is C42H26N7Na3O12S3. The smallest absolute Gasteiger partial charge is 0.872 e. The third kappa shape index (κ3) is 11.4. The molecule has 0 bridgehead atoms. The van der Waals surface area contributed by atoms with E-state index >= 15 is 0 Å². The number of hydrogen-bond acceptors (Lipinski definition) is 16. The van der Waals surface area contributed by atoms with Gasteiger partial charge in [-0.3, -0.25) is 13.7 Å². The van der Waals surface area contributed by atoms with E-state index < -0.39 is 84.4 Å². The number of fused-ring (bicyclic) bond motifs is 3. The first-order chi connectivity index (χ1) is 30.3. The molecule has 0 radical (unpaired) electrons.